The average Bonchev–Trinajstić information content (AvgIpc) is 2.73. The summed E-state index contributed by atoms with van der Waals surface area (Å²) in [5.74, 6) is 0.0713. The lowest BCUT2D eigenvalue weighted by Crippen LogP contribution is -2.43. The van der Waals surface area contributed by atoms with E-state index < -0.39 is 5.97 Å². The zero-order chi connectivity index (χ0) is 17.2. The molecule has 0 bridgehead atoms. The molecule has 2 rings (SSSR count). The van der Waals surface area contributed by atoms with Gasteiger partial charge < -0.3 is 19.6 Å². The molecule has 0 amide bonds. The van der Waals surface area contributed by atoms with Gasteiger partial charge in [0.25, 0.3) is 0 Å². The molecule has 1 aliphatic rings. The van der Waals surface area contributed by atoms with E-state index in [9.17, 15) is 9.90 Å². The van der Waals surface area contributed by atoms with E-state index in [-0.39, 0.29) is 11.1 Å². The highest BCUT2D eigenvalue weighted by Gasteiger charge is 2.39. The van der Waals surface area contributed by atoms with Crippen molar-refractivity contribution in [2.75, 3.05) is 34.3 Å². The number of aromatic carboxylic acids is 1. The summed E-state index contributed by atoms with van der Waals surface area (Å²) >= 11 is 0. The van der Waals surface area contributed by atoms with Gasteiger partial charge in [0, 0.05) is 18.6 Å². The van der Waals surface area contributed by atoms with Crippen LogP contribution in [-0.4, -0.2) is 60.7 Å². The van der Waals surface area contributed by atoms with Crippen LogP contribution < -0.4 is 4.74 Å². The molecule has 0 unspecified atom stereocenters. The van der Waals surface area contributed by atoms with Crippen LogP contribution in [0.1, 0.15) is 36.2 Å². The van der Waals surface area contributed by atoms with Crippen molar-refractivity contribution in [2.24, 2.45) is 5.92 Å². The van der Waals surface area contributed by atoms with Gasteiger partial charge in [0.1, 0.15) is 11.3 Å². The normalized spacial score (nSPS) is 20.9. The van der Waals surface area contributed by atoms with E-state index in [4.69, 9.17) is 4.74 Å². The largest absolute Gasteiger partial charge is 0.496 e. The first kappa shape index (κ1) is 17.8. The van der Waals surface area contributed by atoms with Gasteiger partial charge in [-0.3, -0.25) is 0 Å². The number of rotatable bonds is 6. The Labute approximate surface area is 138 Å². The molecule has 5 heteroatoms. The van der Waals surface area contributed by atoms with E-state index >= 15 is 0 Å². The second-order valence-electron chi connectivity index (χ2n) is 7.10. The highest BCUT2D eigenvalue weighted by atomic mass is 16.5. The Morgan fingerprint density at radius 3 is 2.70 bits per heavy atom. The van der Waals surface area contributed by atoms with Gasteiger partial charge in [0.15, 0.2) is 0 Å². The number of hydrogen-bond acceptors (Lipinski definition) is 4. The lowest BCUT2D eigenvalue weighted by molar-refractivity contribution is 0.0693. The monoisotopic (exact) mass is 320 g/mol. The van der Waals surface area contributed by atoms with Crippen LogP contribution in [0.25, 0.3) is 0 Å². The van der Waals surface area contributed by atoms with Gasteiger partial charge in [-0.15, -0.1) is 0 Å². The summed E-state index contributed by atoms with van der Waals surface area (Å²) in [6.45, 7) is 7.48. The Morgan fingerprint density at radius 2 is 2.17 bits per heavy atom. The van der Waals surface area contributed by atoms with E-state index in [1.54, 1.807) is 12.1 Å². The topological polar surface area (TPSA) is 53.0 Å². The van der Waals surface area contributed by atoms with Crippen molar-refractivity contribution < 1.29 is 14.6 Å². The Bertz CT molecular complexity index is 571. The summed E-state index contributed by atoms with van der Waals surface area (Å²) in [4.78, 5) is 16.0. The fourth-order valence-electron chi connectivity index (χ4n) is 3.39. The fourth-order valence-corrected chi connectivity index (χ4v) is 3.39. The van der Waals surface area contributed by atoms with Crippen LogP contribution in [0, 0.1) is 5.92 Å². The predicted octanol–water partition coefficient (Wildman–Crippen LogP) is 2.56. The minimum Gasteiger partial charge on any atom is -0.496 e. The molecule has 0 saturated carbocycles. The molecule has 0 spiro atoms. The van der Waals surface area contributed by atoms with Crippen molar-refractivity contribution in [2.45, 2.75) is 32.4 Å². The Hall–Kier alpha value is -1.59. The molecule has 0 radical (unpaired) electrons. The number of nitrogens with zero attached hydrogens (tertiary/aromatic N) is 2. The smallest absolute Gasteiger partial charge is 0.339 e. The summed E-state index contributed by atoms with van der Waals surface area (Å²) in [7, 11) is 5.77. The molecule has 23 heavy (non-hydrogen) atoms. The maximum atomic E-state index is 11.3. The predicted molar refractivity (Wildman–Crippen MR) is 91.1 cm³/mol. The summed E-state index contributed by atoms with van der Waals surface area (Å²) < 4.78 is 5.11. The minimum absolute atomic E-state index is 0.209. The molecule has 1 saturated heterocycles. The van der Waals surface area contributed by atoms with Crippen LogP contribution in [-0.2, 0) is 6.54 Å². The van der Waals surface area contributed by atoms with E-state index in [0.29, 0.717) is 11.7 Å². The molecule has 1 heterocycles. The van der Waals surface area contributed by atoms with Crippen molar-refractivity contribution in [1.29, 1.82) is 0 Å². The van der Waals surface area contributed by atoms with Crippen LogP contribution in [0.2, 0.25) is 0 Å². The molecule has 5 nitrogen and oxygen atoms in total. The average molecular weight is 320 g/mol. The standard InChI is InChI=1S/C18H28N2O3/c1-18(2)14(8-9-20(18)4)12-19(3)11-13-6-7-16(23-5)15(10-13)17(21)22/h6-7,10,14H,8-9,11-12H2,1-5H3,(H,21,22)/t14-/m1/s1. The van der Waals surface area contributed by atoms with Crippen LogP contribution in [0.3, 0.4) is 0 Å². The van der Waals surface area contributed by atoms with Crippen molar-refractivity contribution in [3.63, 3.8) is 0 Å². The van der Waals surface area contributed by atoms with Crippen molar-refractivity contribution in [1.82, 2.24) is 9.80 Å². The van der Waals surface area contributed by atoms with E-state index in [1.165, 1.54) is 13.5 Å². The molecule has 0 aliphatic carbocycles. The first-order valence-corrected chi connectivity index (χ1v) is 8.05. The van der Waals surface area contributed by atoms with Gasteiger partial charge in [-0.25, -0.2) is 4.79 Å². The van der Waals surface area contributed by atoms with Crippen molar-refractivity contribution in [3.05, 3.63) is 29.3 Å². The van der Waals surface area contributed by atoms with Crippen LogP contribution >= 0.6 is 0 Å². The highest BCUT2D eigenvalue weighted by molar-refractivity contribution is 5.91. The van der Waals surface area contributed by atoms with Gasteiger partial charge in [-0.05, 0) is 64.5 Å². The minimum atomic E-state index is -0.954. The highest BCUT2D eigenvalue weighted by Crippen LogP contribution is 2.33. The van der Waals surface area contributed by atoms with Crippen LogP contribution in [0.4, 0.5) is 0 Å². The summed E-state index contributed by atoms with van der Waals surface area (Å²) in [5.41, 5.74) is 1.43. The van der Waals surface area contributed by atoms with Crippen molar-refractivity contribution in [3.8, 4) is 5.75 Å². The molecular formula is C18H28N2O3. The summed E-state index contributed by atoms with van der Waals surface area (Å²) in [6, 6.07) is 5.39. The van der Waals surface area contributed by atoms with Gasteiger partial charge in [-0.2, -0.15) is 0 Å². The Balaban J connectivity index is 2.05. The van der Waals surface area contributed by atoms with E-state index in [2.05, 4.69) is 37.7 Å². The zero-order valence-corrected chi connectivity index (χ0v) is 14.8. The number of carbonyl (C=O) groups is 1. The lowest BCUT2D eigenvalue weighted by atomic mass is 9.88. The third kappa shape index (κ3) is 3.85. The number of hydrogen-bond donors (Lipinski definition) is 1. The Kier molecular flexibility index (Phi) is 5.32. The Morgan fingerprint density at radius 1 is 1.48 bits per heavy atom. The molecule has 1 aliphatic heterocycles. The van der Waals surface area contributed by atoms with Crippen LogP contribution in [0.15, 0.2) is 18.2 Å². The fraction of sp³-hybridized carbons (Fsp3) is 0.611. The van der Waals surface area contributed by atoms with Gasteiger partial charge in [0.05, 0.1) is 7.11 Å². The number of carboxylic acids is 1. The third-order valence-electron chi connectivity index (χ3n) is 5.27. The molecule has 128 valence electrons. The molecule has 1 N–H and O–H groups in total. The molecule has 1 fully saturated rings. The summed E-state index contributed by atoms with van der Waals surface area (Å²) in [6.07, 6.45) is 1.21. The van der Waals surface area contributed by atoms with E-state index in [1.807, 2.05) is 6.07 Å². The number of ether oxygens (including phenoxy) is 1. The van der Waals surface area contributed by atoms with Gasteiger partial charge in [0.2, 0.25) is 0 Å². The molecule has 1 aromatic rings. The maximum absolute atomic E-state index is 11.3. The summed E-state index contributed by atoms with van der Waals surface area (Å²) in [5, 5.41) is 9.28. The first-order chi connectivity index (χ1) is 10.8. The first-order valence-electron chi connectivity index (χ1n) is 8.05. The van der Waals surface area contributed by atoms with E-state index in [0.717, 1.165) is 25.2 Å². The molecule has 1 atom stereocenters. The molecule has 1 aromatic carbocycles. The molecule has 0 aromatic heterocycles. The molecular weight excluding hydrogens is 292 g/mol. The SMILES string of the molecule is COc1ccc(CN(C)C[C@H]2CCN(C)C2(C)C)cc1C(=O)O. The second kappa shape index (κ2) is 6.89. The third-order valence-corrected chi connectivity index (χ3v) is 5.27. The quantitative estimate of drug-likeness (QED) is 0.873. The van der Waals surface area contributed by atoms with Gasteiger partial charge in [-0.1, -0.05) is 6.07 Å². The number of benzene rings is 1. The number of methoxy groups -OCH3 is 1. The number of carboxylic acid groups (broad SMARTS) is 1. The van der Waals surface area contributed by atoms with Crippen LogP contribution in [0.5, 0.6) is 5.75 Å². The van der Waals surface area contributed by atoms with Gasteiger partial charge >= 0.3 is 5.97 Å². The maximum Gasteiger partial charge on any atom is 0.339 e. The second-order valence-corrected chi connectivity index (χ2v) is 7.10. The van der Waals surface area contributed by atoms with Crippen molar-refractivity contribution >= 4 is 5.97 Å². The zero-order valence-electron chi connectivity index (χ0n) is 14.8. The number of likely N-dealkylation sites (tertiary alicyclic amines) is 1. The lowest BCUT2D eigenvalue weighted by Gasteiger charge is -2.35.